The van der Waals surface area contributed by atoms with Crippen LogP contribution in [-0.4, -0.2) is 36.1 Å². The summed E-state index contributed by atoms with van der Waals surface area (Å²) in [6.07, 6.45) is 3.00. The molecule has 2 heterocycles. The van der Waals surface area contributed by atoms with Gasteiger partial charge in [-0.3, -0.25) is 0 Å². The van der Waals surface area contributed by atoms with Gasteiger partial charge in [0.15, 0.2) is 0 Å². The normalized spacial score (nSPS) is 9.90. The summed E-state index contributed by atoms with van der Waals surface area (Å²) >= 11 is 0. The van der Waals surface area contributed by atoms with Crippen molar-refractivity contribution in [3.8, 4) is 11.1 Å². The summed E-state index contributed by atoms with van der Waals surface area (Å²) in [4.78, 5) is 30.7. The van der Waals surface area contributed by atoms with Crippen molar-refractivity contribution < 1.29 is 19.1 Å². The topological polar surface area (TPSA) is 78.4 Å². The van der Waals surface area contributed by atoms with E-state index >= 15 is 0 Å². The molecule has 2 aromatic heterocycles. The number of nitrogens with zero attached hydrogens (tertiary/aromatic N) is 2. The van der Waals surface area contributed by atoms with Gasteiger partial charge in [-0.25, -0.2) is 19.6 Å². The Kier molecular flexibility index (Phi) is 4.05. The number of pyridine rings is 2. The molecule has 102 valence electrons. The molecule has 0 atom stereocenters. The number of hydrogen-bond donors (Lipinski definition) is 0. The lowest BCUT2D eigenvalue weighted by Crippen LogP contribution is -2.05. The number of carbonyl (C=O) groups excluding carboxylic acids is 2. The summed E-state index contributed by atoms with van der Waals surface area (Å²) in [7, 11) is 2.58. The van der Waals surface area contributed by atoms with Crippen molar-refractivity contribution >= 4 is 11.9 Å². The summed E-state index contributed by atoms with van der Waals surface area (Å²) < 4.78 is 9.24. The Morgan fingerprint density at radius 3 is 1.60 bits per heavy atom. The minimum atomic E-state index is -0.519. The van der Waals surface area contributed by atoms with Crippen molar-refractivity contribution in [2.75, 3.05) is 14.2 Å². The zero-order chi connectivity index (χ0) is 14.5. The maximum atomic E-state index is 11.4. The lowest BCUT2D eigenvalue weighted by molar-refractivity contribution is 0.0585. The fourth-order valence-electron chi connectivity index (χ4n) is 1.65. The third kappa shape index (κ3) is 2.80. The average molecular weight is 272 g/mol. The van der Waals surface area contributed by atoms with E-state index in [1.165, 1.54) is 26.6 Å². The molecule has 0 N–H and O–H groups in total. The second kappa shape index (κ2) is 5.92. The number of methoxy groups -OCH3 is 2. The average Bonchev–Trinajstić information content (AvgIpc) is 2.53. The second-order valence-corrected chi connectivity index (χ2v) is 3.84. The molecule has 0 aliphatic rings. The van der Waals surface area contributed by atoms with Gasteiger partial charge in [0.2, 0.25) is 0 Å². The van der Waals surface area contributed by atoms with Crippen molar-refractivity contribution in [1.29, 1.82) is 0 Å². The van der Waals surface area contributed by atoms with Crippen LogP contribution >= 0.6 is 0 Å². The highest BCUT2D eigenvalue weighted by molar-refractivity contribution is 5.90. The van der Waals surface area contributed by atoms with Crippen LogP contribution in [0.1, 0.15) is 21.0 Å². The Morgan fingerprint density at radius 2 is 1.25 bits per heavy atom. The van der Waals surface area contributed by atoms with Crippen molar-refractivity contribution in [2.24, 2.45) is 0 Å². The number of rotatable bonds is 3. The predicted octanol–water partition coefficient (Wildman–Crippen LogP) is 1.72. The van der Waals surface area contributed by atoms with Crippen molar-refractivity contribution in [2.45, 2.75) is 0 Å². The fourth-order valence-corrected chi connectivity index (χ4v) is 1.65. The summed E-state index contributed by atoms with van der Waals surface area (Å²) in [5.41, 5.74) is 1.85. The van der Waals surface area contributed by atoms with Crippen LogP contribution in [0.15, 0.2) is 36.7 Å². The molecule has 2 aromatic rings. The maximum Gasteiger partial charge on any atom is 0.356 e. The molecule has 0 fully saturated rings. The van der Waals surface area contributed by atoms with E-state index in [4.69, 9.17) is 0 Å². The van der Waals surface area contributed by atoms with E-state index in [9.17, 15) is 9.59 Å². The minimum Gasteiger partial charge on any atom is -0.464 e. The molecule has 0 aliphatic heterocycles. The molecule has 0 unspecified atom stereocenters. The first-order chi connectivity index (χ1) is 9.65. The summed E-state index contributed by atoms with van der Waals surface area (Å²) in [6.45, 7) is 0. The van der Waals surface area contributed by atoms with E-state index in [0.717, 1.165) is 11.1 Å². The molecule has 0 bridgehead atoms. The monoisotopic (exact) mass is 272 g/mol. The lowest BCUT2D eigenvalue weighted by Gasteiger charge is -2.05. The minimum absolute atomic E-state index is 0.196. The number of aromatic nitrogens is 2. The van der Waals surface area contributed by atoms with Crippen LogP contribution in [0.25, 0.3) is 11.1 Å². The quantitative estimate of drug-likeness (QED) is 0.791. The molecule has 0 aromatic carbocycles. The standard InChI is InChI=1S/C14H12N2O4/c1-19-13(17)11-7-9(3-5-15-11)10-4-6-16-12(8-10)14(18)20-2/h3-8H,1-2H3. The van der Waals surface area contributed by atoms with Gasteiger partial charge in [-0.1, -0.05) is 0 Å². The van der Waals surface area contributed by atoms with Crippen molar-refractivity contribution in [3.63, 3.8) is 0 Å². The highest BCUT2D eigenvalue weighted by Gasteiger charge is 2.11. The third-order valence-corrected chi connectivity index (χ3v) is 2.64. The van der Waals surface area contributed by atoms with Gasteiger partial charge in [0.05, 0.1) is 14.2 Å². The molecular formula is C14H12N2O4. The molecule has 0 spiro atoms. The Bertz CT molecular complexity index is 598. The molecule has 6 nitrogen and oxygen atoms in total. The molecule has 2 rings (SSSR count). The Hall–Kier alpha value is -2.76. The molecule has 0 radical (unpaired) electrons. The molecule has 0 saturated heterocycles. The van der Waals surface area contributed by atoms with Crippen molar-refractivity contribution in [3.05, 3.63) is 48.0 Å². The zero-order valence-electron chi connectivity index (χ0n) is 11.0. The Labute approximate surface area is 115 Å². The molecule has 6 heteroatoms. The van der Waals surface area contributed by atoms with Crippen LogP contribution in [0, 0.1) is 0 Å². The van der Waals surface area contributed by atoms with E-state index in [0.29, 0.717) is 0 Å². The number of ether oxygens (including phenoxy) is 2. The highest BCUT2D eigenvalue weighted by Crippen LogP contribution is 2.20. The number of carbonyl (C=O) groups is 2. The smallest absolute Gasteiger partial charge is 0.356 e. The van der Waals surface area contributed by atoms with Gasteiger partial charge in [0, 0.05) is 12.4 Å². The van der Waals surface area contributed by atoms with Crippen LogP contribution < -0.4 is 0 Å². The van der Waals surface area contributed by atoms with Crippen molar-refractivity contribution in [1.82, 2.24) is 9.97 Å². The Balaban J connectivity index is 2.41. The van der Waals surface area contributed by atoms with Gasteiger partial charge >= 0.3 is 11.9 Å². The number of hydrogen-bond acceptors (Lipinski definition) is 6. The van der Waals surface area contributed by atoms with Gasteiger partial charge in [0.25, 0.3) is 0 Å². The first-order valence-electron chi connectivity index (χ1n) is 5.75. The lowest BCUT2D eigenvalue weighted by atomic mass is 10.1. The third-order valence-electron chi connectivity index (χ3n) is 2.64. The molecule has 20 heavy (non-hydrogen) atoms. The maximum absolute atomic E-state index is 11.4. The van der Waals surface area contributed by atoms with Gasteiger partial charge in [-0.15, -0.1) is 0 Å². The summed E-state index contributed by atoms with van der Waals surface area (Å²) in [5, 5.41) is 0. The fraction of sp³-hybridized carbons (Fsp3) is 0.143. The van der Waals surface area contributed by atoms with Gasteiger partial charge in [-0.05, 0) is 35.4 Å². The van der Waals surface area contributed by atoms with Crippen LogP contribution in [0.2, 0.25) is 0 Å². The SMILES string of the molecule is COC(=O)c1cc(-c2ccnc(C(=O)OC)c2)ccn1. The van der Waals surface area contributed by atoms with E-state index in [2.05, 4.69) is 19.4 Å². The van der Waals surface area contributed by atoms with Crippen LogP contribution in [0.5, 0.6) is 0 Å². The highest BCUT2D eigenvalue weighted by atomic mass is 16.5. The zero-order valence-corrected chi connectivity index (χ0v) is 11.0. The van der Waals surface area contributed by atoms with Gasteiger partial charge < -0.3 is 9.47 Å². The van der Waals surface area contributed by atoms with E-state index in [1.807, 2.05) is 0 Å². The van der Waals surface area contributed by atoms with E-state index in [1.54, 1.807) is 24.3 Å². The molecule has 0 amide bonds. The van der Waals surface area contributed by atoms with E-state index in [-0.39, 0.29) is 11.4 Å². The molecule has 0 aliphatic carbocycles. The van der Waals surface area contributed by atoms with Gasteiger partial charge in [0.1, 0.15) is 11.4 Å². The largest absolute Gasteiger partial charge is 0.464 e. The predicted molar refractivity (Wildman–Crippen MR) is 70.1 cm³/mol. The summed E-state index contributed by atoms with van der Waals surface area (Å²) in [6, 6.07) is 6.62. The second-order valence-electron chi connectivity index (χ2n) is 3.84. The number of esters is 2. The molecule has 0 saturated carbocycles. The Morgan fingerprint density at radius 1 is 0.850 bits per heavy atom. The van der Waals surface area contributed by atoms with E-state index < -0.39 is 11.9 Å². The first kappa shape index (κ1) is 13.7. The van der Waals surface area contributed by atoms with Crippen LogP contribution in [0.4, 0.5) is 0 Å². The molecular weight excluding hydrogens is 260 g/mol. The van der Waals surface area contributed by atoms with Gasteiger partial charge in [-0.2, -0.15) is 0 Å². The van der Waals surface area contributed by atoms with Crippen LogP contribution in [0.3, 0.4) is 0 Å². The van der Waals surface area contributed by atoms with Crippen LogP contribution in [-0.2, 0) is 9.47 Å². The first-order valence-corrected chi connectivity index (χ1v) is 5.75. The summed E-state index contributed by atoms with van der Waals surface area (Å²) in [5.74, 6) is -1.04.